The number of ether oxygens (including phenoxy) is 1. The van der Waals surface area contributed by atoms with Crippen molar-refractivity contribution in [1.29, 1.82) is 0 Å². The molecule has 2 aromatic carbocycles. The van der Waals surface area contributed by atoms with E-state index < -0.39 is 17.5 Å². The zero-order chi connectivity index (χ0) is 25.0. The van der Waals surface area contributed by atoms with Crippen molar-refractivity contribution >= 4 is 18.0 Å². The highest BCUT2D eigenvalue weighted by Crippen LogP contribution is 2.44. The lowest BCUT2D eigenvalue weighted by Gasteiger charge is -2.30. The third-order valence-corrected chi connectivity index (χ3v) is 7.66. The summed E-state index contributed by atoms with van der Waals surface area (Å²) in [6, 6.07) is 16.3. The minimum absolute atomic E-state index is 0.000133. The summed E-state index contributed by atoms with van der Waals surface area (Å²) in [7, 11) is 0. The summed E-state index contributed by atoms with van der Waals surface area (Å²) in [4.78, 5) is 36.8. The molecule has 35 heavy (non-hydrogen) atoms. The highest BCUT2D eigenvalue weighted by Gasteiger charge is 2.34. The Labute approximate surface area is 206 Å². The highest BCUT2D eigenvalue weighted by molar-refractivity contribution is 5.81. The summed E-state index contributed by atoms with van der Waals surface area (Å²) in [5.74, 6) is -1.32. The van der Waals surface area contributed by atoms with Crippen LogP contribution in [0.5, 0.6) is 0 Å². The van der Waals surface area contributed by atoms with Crippen LogP contribution in [0.25, 0.3) is 11.1 Å². The Kier molecular flexibility index (Phi) is 7.43. The van der Waals surface area contributed by atoms with Gasteiger partial charge in [-0.1, -0.05) is 61.9 Å². The number of nitrogens with one attached hydrogen (secondary N) is 2. The summed E-state index contributed by atoms with van der Waals surface area (Å²) < 4.78 is 5.66. The fourth-order valence-corrected chi connectivity index (χ4v) is 5.14. The maximum atomic E-state index is 12.7. The zero-order valence-corrected chi connectivity index (χ0v) is 20.4. The van der Waals surface area contributed by atoms with Crippen molar-refractivity contribution in [2.45, 2.75) is 57.9 Å². The number of aliphatic carboxylic acids is 1. The first-order chi connectivity index (χ1) is 16.8. The van der Waals surface area contributed by atoms with Crippen molar-refractivity contribution < 1.29 is 24.2 Å². The lowest BCUT2D eigenvalue weighted by Crippen LogP contribution is -2.46. The number of hydrogen-bond donors (Lipinski definition) is 3. The Bertz CT molecular complexity index is 1050. The standard InChI is InChI=1S/C28H34N2O5/c1-3-28(2,26(32)33)17-29-25(31)18-9-8-10-19(15-18)30-27(34)35-16-24-22-13-6-4-11-20(22)21-12-5-7-14-23(21)24/h4-7,11-14,18-19,24H,3,8-10,15-17H2,1-2H3,(H,29,31)(H,30,34)(H,32,33)/t18-,19+,28?/m0/s1. The normalized spacial score (nSPS) is 20.7. The molecular weight excluding hydrogens is 444 g/mol. The van der Waals surface area contributed by atoms with Gasteiger partial charge < -0.3 is 20.5 Å². The van der Waals surface area contributed by atoms with E-state index in [0.717, 1.165) is 30.4 Å². The van der Waals surface area contributed by atoms with E-state index in [9.17, 15) is 19.5 Å². The number of hydrogen-bond acceptors (Lipinski definition) is 4. The van der Waals surface area contributed by atoms with Crippen molar-refractivity contribution in [2.75, 3.05) is 13.2 Å². The number of alkyl carbamates (subject to hydrolysis) is 1. The van der Waals surface area contributed by atoms with E-state index in [4.69, 9.17) is 4.74 Å². The van der Waals surface area contributed by atoms with E-state index in [1.807, 2.05) is 24.3 Å². The van der Waals surface area contributed by atoms with Crippen molar-refractivity contribution in [3.8, 4) is 11.1 Å². The van der Waals surface area contributed by atoms with E-state index in [1.165, 1.54) is 11.1 Å². The van der Waals surface area contributed by atoms with Crippen molar-refractivity contribution in [2.24, 2.45) is 11.3 Å². The topological polar surface area (TPSA) is 105 Å². The van der Waals surface area contributed by atoms with Crippen molar-refractivity contribution in [3.63, 3.8) is 0 Å². The molecule has 186 valence electrons. The van der Waals surface area contributed by atoms with E-state index in [-0.39, 0.29) is 36.9 Å². The summed E-state index contributed by atoms with van der Waals surface area (Å²) in [6.45, 7) is 3.78. The molecule has 0 radical (unpaired) electrons. The number of rotatable bonds is 8. The molecule has 0 saturated heterocycles. The van der Waals surface area contributed by atoms with Crippen LogP contribution >= 0.6 is 0 Å². The summed E-state index contributed by atoms with van der Waals surface area (Å²) in [5, 5.41) is 15.2. The third kappa shape index (κ3) is 5.34. The molecule has 3 N–H and O–H groups in total. The Morgan fingerprint density at radius 2 is 1.66 bits per heavy atom. The minimum atomic E-state index is -0.983. The lowest BCUT2D eigenvalue weighted by atomic mass is 9.84. The Morgan fingerprint density at radius 1 is 1.03 bits per heavy atom. The van der Waals surface area contributed by atoms with Crippen LogP contribution in [0, 0.1) is 11.3 Å². The van der Waals surface area contributed by atoms with E-state index >= 15 is 0 Å². The average Bonchev–Trinajstić information content (AvgIpc) is 3.19. The van der Waals surface area contributed by atoms with Gasteiger partial charge in [0.25, 0.3) is 0 Å². The summed E-state index contributed by atoms with van der Waals surface area (Å²) >= 11 is 0. The highest BCUT2D eigenvalue weighted by atomic mass is 16.5. The van der Waals surface area contributed by atoms with Gasteiger partial charge in [0.15, 0.2) is 0 Å². The van der Waals surface area contributed by atoms with Crippen LogP contribution in [-0.4, -0.2) is 42.3 Å². The number of benzene rings is 2. The van der Waals surface area contributed by atoms with Gasteiger partial charge in [0.05, 0.1) is 5.41 Å². The number of carbonyl (C=O) groups is 3. The van der Waals surface area contributed by atoms with E-state index in [1.54, 1.807) is 13.8 Å². The number of carboxylic acid groups (broad SMARTS) is 1. The molecule has 0 heterocycles. The van der Waals surface area contributed by atoms with Gasteiger partial charge in [-0.15, -0.1) is 0 Å². The van der Waals surface area contributed by atoms with Gasteiger partial charge in [0.1, 0.15) is 6.61 Å². The average molecular weight is 479 g/mol. The fourth-order valence-electron chi connectivity index (χ4n) is 5.14. The molecule has 0 aromatic heterocycles. The van der Waals surface area contributed by atoms with Crippen LogP contribution in [0.1, 0.15) is 63.0 Å². The Morgan fingerprint density at radius 3 is 2.26 bits per heavy atom. The molecule has 0 aliphatic heterocycles. The molecule has 7 nitrogen and oxygen atoms in total. The molecular formula is C28H34N2O5. The maximum Gasteiger partial charge on any atom is 0.407 e. The van der Waals surface area contributed by atoms with Crippen LogP contribution in [0.4, 0.5) is 4.79 Å². The van der Waals surface area contributed by atoms with Gasteiger partial charge in [-0.3, -0.25) is 9.59 Å². The molecule has 2 aromatic rings. The molecule has 1 fully saturated rings. The quantitative estimate of drug-likeness (QED) is 0.510. The first-order valence-corrected chi connectivity index (χ1v) is 12.4. The number of carbonyl (C=O) groups excluding carboxylic acids is 2. The van der Waals surface area contributed by atoms with Crippen molar-refractivity contribution in [3.05, 3.63) is 59.7 Å². The molecule has 2 aliphatic carbocycles. The molecule has 1 saturated carbocycles. The van der Waals surface area contributed by atoms with Gasteiger partial charge in [-0.25, -0.2) is 4.79 Å². The van der Waals surface area contributed by atoms with Gasteiger partial charge in [-0.2, -0.15) is 0 Å². The largest absolute Gasteiger partial charge is 0.481 e. The lowest BCUT2D eigenvalue weighted by molar-refractivity contribution is -0.148. The minimum Gasteiger partial charge on any atom is -0.481 e. The number of carboxylic acids is 1. The molecule has 0 spiro atoms. The van der Waals surface area contributed by atoms with Crippen LogP contribution in [0.3, 0.4) is 0 Å². The molecule has 1 unspecified atom stereocenters. The predicted octanol–water partition coefficient (Wildman–Crippen LogP) is 4.70. The second-order valence-corrected chi connectivity index (χ2v) is 9.97. The Balaban J connectivity index is 1.30. The van der Waals surface area contributed by atoms with Gasteiger partial charge in [0.2, 0.25) is 5.91 Å². The first-order valence-electron chi connectivity index (χ1n) is 12.4. The van der Waals surface area contributed by atoms with Crippen LogP contribution in [0.2, 0.25) is 0 Å². The Hall–Kier alpha value is -3.35. The maximum absolute atomic E-state index is 12.7. The van der Waals surface area contributed by atoms with Crippen LogP contribution in [-0.2, 0) is 14.3 Å². The van der Waals surface area contributed by atoms with E-state index in [2.05, 4.69) is 34.9 Å². The molecule has 2 amide bonds. The van der Waals surface area contributed by atoms with Crippen LogP contribution in [0.15, 0.2) is 48.5 Å². The number of amides is 2. The van der Waals surface area contributed by atoms with Crippen LogP contribution < -0.4 is 10.6 Å². The zero-order valence-electron chi connectivity index (χ0n) is 20.4. The fraction of sp³-hybridized carbons (Fsp3) is 0.464. The molecule has 0 bridgehead atoms. The second-order valence-electron chi connectivity index (χ2n) is 9.97. The third-order valence-electron chi connectivity index (χ3n) is 7.66. The smallest absolute Gasteiger partial charge is 0.407 e. The summed E-state index contributed by atoms with van der Waals surface area (Å²) in [6.07, 6.45) is 2.81. The summed E-state index contributed by atoms with van der Waals surface area (Å²) in [5.41, 5.74) is 3.71. The molecule has 4 rings (SSSR count). The molecule has 7 heteroatoms. The van der Waals surface area contributed by atoms with Crippen molar-refractivity contribution in [1.82, 2.24) is 10.6 Å². The predicted molar refractivity (Wildman–Crippen MR) is 133 cm³/mol. The SMILES string of the molecule is CCC(C)(CNC(=O)[C@H]1CCC[C@@H](NC(=O)OCC2c3ccccc3-c3ccccc32)C1)C(=O)O. The first kappa shape index (κ1) is 24.8. The van der Waals surface area contributed by atoms with E-state index in [0.29, 0.717) is 12.8 Å². The molecule has 2 aliphatic rings. The van der Waals surface area contributed by atoms with Gasteiger partial charge >= 0.3 is 12.1 Å². The second kappa shape index (κ2) is 10.5. The van der Waals surface area contributed by atoms with Gasteiger partial charge in [0, 0.05) is 24.4 Å². The number of fused-ring (bicyclic) bond motifs is 3. The van der Waals surface area contributed by atoms with Gasteiger partial charge in [-0.05, 0) is 54.9 Å². The molecule has 3 atom stereocenters. The monoisotopic (exact) mass is 478 g/mol.